The SMILES string of the molecule is O=c1ccn([C@@H]2O[C@H](CO)C(O)C2O)c(=O)n1CCc1ccccc1. The van der Waals surface area contributed by atoms with Gasteiger partial charge in [0.2, 0.25) is 0 Å². The van der Waals surface area contributed by atoms with Gasteiger partial charge in [-0.1, -0.05) is 30.3 Å². The van der Waals surface area contributed by atoms with Gasteiger partial charge in [0.05, 0.1) is 6.61 Å². The van der Waals surface area contributed by atoms with Crippen molar-refractivity contribution >= 4 is 0 Å². The Kier molecular flexibility index (Phi) is 5.14. The summed E-state index contributed by atoms with van der Waals surface area (Å²) in [6, 6.07) is 10.6. The van der Waals surface area contributed by atoms with Crippen LogP contribution < -0.4 is 11.2 Å². The predicted molar refractivity (Wildman–Crippen MR) is 88.1 cm³/mol. The van der Waals surface area contributed by atoms with Crippen molar-refractivity contribution in [2.45, 2.75) is 37.5 Å². The number of benzene rings is 1. The summed E-state index contributed by atoms with van der Waals surface area (Å²) >= 11 is 0. The Bertz CT molecular complexity index is 831. The molecular formula is C17H20N2O6. The lowest BCUT2D eigenvalue weighted by Crippen LogP contribution is -2.43. The van der Waals surface area contributed by atoms with E-state index >= 15 is 0 Å². The first-order valence-electron chi connectivity index (χ1n) is 8.01. The van der Waals surface area contributed by atoms with Crippen molar-refractivity contribution in [2.75, 3.05) is 6.61 Å². The molecule has 2 heterocycles. The fourth-order valence-electron chi connectivity index (χ4n) is 2.93. The highest BCUT2D eigenvalue weighted by Crippen LogP contribution is 2.27. The first kappa shape index (κ1) is 17.6. The normalized spacial score (nSPS) is 26.0. The van der Waals surface area contributed by atoms with E-state index < -0.39 is 42.4 Å². The van der Waals surface area contributed by atoms with Crippen LogP contribution in [0, 0.1) is 0 Å². The summed E-state index contributed by atoms with van der Waals surface area (Å²) < 4.78 is 7.48. The molecule has 2 unspecified atom stereocenters. The third-order valence-electron chi connectivity index (χ3n) is 4.35. The summed E-state index contributed by atoms with van der Waals surface area (Å²) in [7, 11) is 0. The number of aliphatic hydroxyl groups excluding tert-OH is 3. The molecule has 1 aliphatic rings. The standard InChI is InChI=1S/C17H20N2O6/c20-10-12-14(22)15(23)16(25-12)19-9-7-13(21)18(17(19)24)8-6-11-4-2-1-3-5-11/h1-5,7,9,12,14-16,20,22-23H,6,8,10H2/t12-,14?,15?,16-/m1/s1. The number of aliphatic hydroxyl groups is 3. The molecule has 25 heavy (non-hydrogen) atoms. The second kappa shape index (κ2) is 7.32. The van der Waals surface area contributed by atoms with Crippen LogP contribution in [0.15, 0.2) is 52.2 Å². The highest BCUT2D eigenvalue weighted by atomic mass is 16.6. The van der Waals surface area contributed by atoms with Crippen molar-refractivity contribution in [1.82, 2.24) is 9.13 Å². The second-order valence-corrected chi connectivity index (χ2v) is 5.96. The molecule has 1 fully saturated rings. The molecule has 0 spiro atoms. The van der Waals surface area contributed by atoms with Crippen molar-refractivity contribution in [1.29, 1.82) is 0 Å². The Morgan fingerprint density at radius 2 is 1.76 bits per heavy atom. The minimum absolute atomic E-state index is 0.178. The van der Waals surface area contributed by atoms with Gasteiger partial charge in [-0.25, -0.2) is 4.79 Å². The molecule has 1 saturated heterocycles. The quantitative estimate of drug-likeness (QED) is 0.630. The lowest BCUT2D eigenvalue weighted by atomic mass is 10.1. The van der Waals surface area contributed by atoms with Gasteiger partial charge >= 0.3 is 5.69 Å². The lowest BCUT2D eigenvalue weighted by Gasteiger charge is -2.18. The van der Waals surface area contributed by atoms with Crippen LogP contribution in [0.2, 0.25) is 0 Å². The van der Waals surface area contributed by atoms with E-state index in [2.05, 4.69) is 0 Å². The molecular weight excluding hydrogens is 328 g/mol. The number of nitrogens with zero attached hydrogens (tertiary/aromatic N) is 2. The maximum atomic E-state index is 12.6. The van der Waals surface area contributed by atoms with Gasteiger partial charge in [0, 0.05) is 18.8 Å². The number of aryl methyl sites for hydroxylation is 1. The molecule has 1 aromatic carbocycles. The van der Waals surface area contributed by atoms with E-state index in [1.54, 1.807) is 0 Å². The molecule has 3 N–H and O–H groups in total. The number of ether oxygens (including phenoxy) is 1. The van der Waals surface area contributed by atoms with E-state index in [9.17, 15) is 19.8 Å². The fourth-order valence-corrected chi connectivity index (χ4v) is 2.93. The molecule has 2 aromatic rings. The topological polar surface area (TPSA) is 114 Å². The minimum atomic E-state index is -1.38. The summed E-state index contributed by atoms with van der Waals surface area (Å²) in [6.45, 7) is -0.311. The van der Waals surface area contributed by atoms with Crippen LogP contribution in [0.1, 0.15) is 11.8 Å². The van der Waals surface area contributed by atoms with Gasteiger partial charge < -0.3 is 20.1 Å². The van der Waals surface area contributed by atoms with E-state index in [1.165, 1.54) is 12.3 Å². The van der Waals surface area contributed by atoms with Crippen LogP contribution in [0.4, 0.5) is 0 Å². The number of aromatic nitrogens is 2. The van der Waals surface area contributed by atoms with E-state index in [-0.39, 0.29) is 6.54 Å². The third-order valence-corrected chi connectivity index (χ3v) is 4.35. The Morgan fingerprint density at radius 3 is 2.40 bits per heavy atom. The van der Waals surface area contributed by atoms with Gasteiger partial charge in [-0.2, -0.15) is 0 Å². The van der Waals surface area contributed by atoms with Crippen molar-refractivity contribution < 1.29 is 20.1 Å². The first-order valence-corrected chi connectivity index (χ1v) is 8.01. The average Bonchev–Trinajstić information content (AvgIpc) is 2.91. The Hall–Kier alpha value is -2.26. The zero-order valence-electron chi connectivity index (χ0n) is 13.4. The van der Waals surface area contributed by atoms with Gasteiger partial charge in [0.1, 0.15) is 18.3 Å². The zero-order valence-corrected chi connectivity index (χ0v) is 13.4. The molecule has 1 aromatic heterocycles. The molecule has 8 heteroatoms. The minimum Gasteiger partial charge on any atom is -0.394 e. The number of hydrogen-bond acceptors (Lipinski definition) is 6. The Labute approximate surface area is 143 Å². The van der Waals surface area contributed by atoms with Crippen LogP contribution in [0.3, 0.4) is 0 Å². The number of hydrogen-bond donors (Lipinski definition) is 3. The summed E-state index contributed by atoms with van der Waals surface area (Å²) in [5.41, 5.74) is -0.112. The monoisotopic (exact) mass is 348 g/mol. The van der Waals surface area contributed by atoms with Crippen molar-refractivity contribution in [2.24, 2.45) is 0 Å². The lowest BCUT2D eigenvalue weighted by molar-refractivity contribution is -0.0556. The summed E-state index contributed by atoms with van der Waals surface area (Å²) in [6.07, 6.45) is -3.12. The highest BCUT2D eigenvalue weighted by Gasteiger charge is 2.43. The summed E-state index contributed by atoms with van der Waals surface area (Å²) in [4.78, 5) is 24.7. The summed E-state index contributed by atoms with van der Waals surface area (Å²) in [5.74, 6) is 0. The van der Waals surface area contributed by atoms with Gasteiger partial charge in [0.25, 0.3) is 5.56 Å². The van der Waals surface area contributed by atoms with Gasteiger partial charge in [-0.05, 0) is 12.0 Å². The molecule has 0 amide bonds. The van der Waals surface area contributed by atoms with Gasteiger partial charge in [-0.3, -0.25) is 13.9 Å². The van der Waals surface area contributed by atoms with Crippen LogP contribution in [-0.4, -0.2) is 49.4 Å². The maximum Gasteiger partial charge on any atom is 0.333 e. The maximum absolute atomic E-state index is 12.6. The largest absolute Gasteiger partial charge is 0.394 e. The zero-order chi connectivity index (χ0) is 18.0. The Balaban J connectivity index is 1.88. The van der Waals surface area contributed by atoms with E-state index in [1.807, 2.05) is 30.3 Å². The molecule has 134 valence electrons. The van der Waals surface area contributed by atoms with Crippen LogP contribution in [-0.2, 0) is 17.7 Å². The van der Waals surface area contributed by atoms with Gasteiger partial charge in [-0.15, -0.1) is 0 Å². The average molecular weight is 348 g/mol. The van der Waals surface area contributed by atoms with Crippen LogP contribution in [0.25, 0.3) is 0 Å². The predicted octanol–water partition coefficient (Wildman–Crippen LogP) is -1.14. The van der Waals surface area contributed by atoms with E-state index in [0.717, 1.165) is 14.7 Å². The highest BCUT2D eigenvalue weighted by molar-refractivity contribution is 5.14. The van der Waals surface area contributed by atoms with Crippen molar-refractivity contribution in [3.8, 4) is 0 Å². The van der Waals surface area contributed by atoms with E-state index in [4.69, 9.17) is 9.84 Å². The molecule has 0 saturated carbocycles. The van der Waals surface area contributed by atoms with Crippen molar-refractivity contribution in [3.63, 3.8) is 0 Å². The molecule has 0 radical (unpaired) electrons. The molecule has 3 rings (SSSR count). The smallest absolute Gasteiger partial charge is 0.333 e. The fraction of sp³-hybridized carbons (Fsp3) is 0.412. The van der Waals surface area contributed by atoms with Gasteiger partial charge in [0.15, 0.2) is 6.23 Å². The first-order chi connectivity index (χ1) is 12.0. The molecule has 8 nitrogen and oxygen atoms in total. The third kappa shape index (κ3) is 3.42. The number of rotatable bonds is 5. The molecule has 1 aliphatic heterocycles. The second-order valence-electron chi connectivity index (χ2n) is 5.96. The summed E-state index contributed by atoms with van der Waals surface area (Å²) in [5, 5.41) is 29.1. The van der Waals surface area contributed by atoms with Crippen LogP contribution >= 0.6 is 0 Å². The molecule has 4 atom stereocenters. The van der Waals surface area contributed by atoms with Crippen molar-refractivity contribution in [3.05, 3.63) is 69.0 Å². The molecule has 0 aliphatic carbocycles. The Morgan fingerprint density at radius 1 is 1.04 bits per heavy atom. The molecule has 0 bridgehead atoms. The van der Waals surface area contributed by atoms with Crippen LogP contribution in [0.5, 0.6) is 0 Å². The van der Waals surface area contributed by atoms with E-state index in [0.29, 0.717) is 6.42 Å².